The zero-order valence-electron chi connectivity index (χ0n) is 14.8. The van der Waals surface area contributed by atoms with E-state index in [1.807, 2.05) is 26.2 Å². The van der Waals surface area contributed by atoms with Gasteiger partial charge in [0.2, 0.25) is 0 Å². The first-order valence-electron chi connectivity index (χ1n) is 8.27. The first kappa shape index (κ1) is 18.5. The Morgan fingerprint density at radius 1 is 1.29 bits per heavy atom. The van der Waals surface area contributed by atoms with Crippen LogP contribution in [0.5, 0.6) is 0 Å². The number of hydrogen-bond acceptors (Lipinski definition) is 7. The van der Waals surface area contributed by atoms with Gasteiger partial charge in [0, 0.05) is 13.1 Å². The largest absolute Gasteiger partial charge is 0.308 e. The van der Waals surface area contributed by atoms with Crippen molar-refractivity contribution in [3.8, 4) is 0 Å². The molecule has 0 bridgehead atoms. The first-order chi connectivity index (χ1) is 11.6. The van der Waals surface area contributed by atoms with Crippen LogP contribution in [0.1, 0.15) is 24.0 Å². The van der Waals surface area contributed by atoms with Crippen LogP contribution >= 0.6 is 0 Å². The molecule has 0 radical (unpaired) electrons. The number of nitrogens with zero attached hydrogens (tertiary/aromatic N) is 4. The molecule has 0 heterocycles. The van der Waals surface area contributed by atoms with Crippen LogP contribution in [0.3, 0.4) is 0 Å². The van der Waals surface area contributed by atoms with Crippen molar-refractivity contribution >= 4 is 18.1 Å². The quantitative estimate of drug-likeness (QED) is 0.325. The Morgan fingerprint density at radius 2 is 1.96 bits per heavy atom. The summed E-state index contributed by atoms with van der Waals surface area (Å²) in [6.45, 7) is 5.21. The molecular weight excluding hydrogens is 306 g/mol. The van der Waals surface area contributed by atoms with Gasteiger partial charge in [0.15, 0.2) is 6.29 Å². The number of nitrogens with one attached hydrogen (secondary N) is 1. The van der Waals surface area contributed by atoms with Gasteiger partial charge in [0.1, 0.15) is 5.69 Å². The Kier molecular flexibility index (Phi) is 6.84. The molecule has 1 aliphatic carbocycles. The zero-order chi connectivity index (χ0) is 17.5. The minimum Gasteiger partial charge on any atom is -0.308 e. The van der Waals surface area contributed by atoms with Gasteiger partial charge >= 0.3 is 0 Å². The van der Waals surface area contributed by atoms with Crippen molar-refractivity contribution in [1.29, 1.82) is 0 Å². The maximum absolute atomic E-state index is 11.3. The fourth-order valence-corrected chi connectivity index (χ4v) is 2.98. The van der Waals surface area contributed by atoms with Crippen molar-refractivity contribution in [2.45, 2.75) is 32.0 Å². The van der Waals surface area contributed by atoms with E-state index < -0.39 is 6.29 Å². The summed E-state index contributed by atoms with van der Waals surface area (Å²) in [5.74, 6) is 0. The summed E-state index contributed by atoms with van der Waals surface area (Å²) in [6, 6.07) is 3.88. The average Bonchev–Trinajstić information content (AvgIpc) is 2.59. The van der Waals surface area contributed by atoms with E-state index in [0.717, 1.165) is 32.2 Å². The number of anilines is 1. The van der Waals surface area contributed by atoms with Gasteiger partial charge < -0.3 is 4.90 Å². The Balaban J connectivity index is 2.27. The van der Waals surface area contributed by atoms with Crippen molar-refractivity contribution in [3.63, 3.8) is 0 Å². The van der Waals surface area contributed by atoms with Gasteiger partial charge in [-0.15, -0.1) is 4.91 Å². The molecule has 1 atom stereocenters. The first-order valence-corrected chi connectivity index (χ1v) is 8.27. The molecule has 1 N–H and O–H groups in total. The van der Waals surface area contributed by atoms with E-state index in [0.29, 0.717) is 17.9 Å². The number of nitroso groups, excluding NO2 is 1. The topological polar surface area (TPSA) is 69.5 Å². The second-order valence-electron chi connectivity index (χ2n) is 6.23. The normalized spacial score (nSPS) is 15.0. The highest BCUT2D eigenvalue weighted by molar-refractivity contribution is 5.69. The lowest BCUT2D eigenvalue weighted by atomic mass is 9.91. The smallest absolute Gasteiger partial charge is 0.199 e. The SMILES string of the molecule is C=NC(NCCN(C)C)N(OC)c1cc2c(cc1N=O)CCCC2. The molecule has 0 saturated carbocycles. The molecule has 0 aromatic heterocycles. The van der Waals surface area contributed by atoms with Crippen LogP contribution < -0.4 is 10.4 Å². The Bertz CT molecular complexity index is 576. The third kappa shape index (κ3) is 4.37. The van der Waals surface area contributed by atoms with Gasteiger partial charge in [-0.2, -0.15) is 0 Å². The summed E-state index contributed by atoms with van der Waals surface area (Å²) in [5.41, 5.74) is 3.46. The van der Waals surface area contributed by atoms with Crippen LogP contribution in [0.4, 0.5) is 11.4 Å². The molecule has 0 fully saturated rings. The van der Waals surface area contributed by atoms with E-state index in [-0.39, 0.29) is 0 Å². The molecule has 2 rings (SSSR count). The van der Waals surface area contributed by atoms with Crippen LogP contribution in [-0.4, -0.2) is 52.2 Å². The molecule has 24 heavy (non-hydrogen) atoms. The van der Waals surface area contributed by atoms with E-state index in [2.05, 4.69) is 27.1 Å². The van der Waals surface area contributed by atoms with E-state index in [1.54, 1.807) is 12.2 Å². The monoisotopic (exact) mass is 333 g/mol. The highest BCUT2D eigenvalue weighted by Gasteiger charge is 2.23. The van der Waals surface area contributed by atoms with Crippen molar-refractivity contribution in [1.82, 2.24) is 10.2 Å². The van der Waals surface area contributed by atoms with E-state index in [1.165, 1.54) is 11.1 Å². The molecule has 0 spiro atoms. The number of aliphatic imine (C=N–C) groups is 1. The minimum absolute atomic E-state index is 0.376. The van der Waals surface area contributed by atoms with Crippen molar-refractivity contribution in [3.05, 3.63) is 28.2 Å². The predicted octanol–water partition coefficient (Wildman–Crippen LogP) is 2.47. The number of aryl methyl sites for hydroxylation is 2. The highest BCUT2D eigenvalue weighted by Crippen LogP contribution is 2.36. The standard InChI is InChI=1S/C17H27N5O2/c1-18-17(19-9-10-21(2)3)22(24-4)16-12-14-8-6-5-7-13(14)11-15(16)20-23/h11-12,17,19H,1,5-10H2,2-4H3. The minimum atomic E-state index is -0.489. The molecule has 1 aliphatic rings. The number of benzene rings is 1. The number of fused-ring (bicyclic) bond motifs is 1. The maximum atomic E-state index is 11.3. The summed E-state index contributed by atoms with van der Waals surface area (Å²) in [6.07, 6.45) is 3.84. The number of hydroxylamine groups is 1. The van der Waals surface area contributed by atoms with E-state index >= 15 is 0 Å². The molecule has 1 aromatic rings. The number of hydrogen-bond donors (Lipinski definition) is 1. The predicted molar refractivity (Wildman–Crippen MR) is 97.9 cm³/mol. The van der Waals surface area contributed by atoms with Crippen LogP contribution in [0.25, 0.3) is 0 Å². The second kappa shape index (κ2) is 8.86. The van der Waals surface area contributed by atoms with Gasteiger partial charge in [-0.1, -0.05) is 0 Å². The third-order valence-electron chi connectivity index (χ3n) is 4.25. The Morgan fingerprint density at radius 3 is 2.50 bits per heavy atom. The summed E-state index contributed by atoms with van der Waals surface area (Å²) >= 11 is 0. The fraction of sp³-hybridized carbons (Fsp3) is 0.588. The molecule has 132 valence electrons. The van der Waals surface area contributed by atoms with Gasteiger partial charge in [-0.25, -0.2) is 5.06 Å². The summed E-state index contributed by atoms with van der Waals surface area (Å²) in [5, 5.41) is 8.03. The van der Waals surface area contributed by atoms with Crippen molar-refractivity contribution < 1.29 is 4.84 Å². The van der Waals surface area contributed by atoms with Crippen LogP contribution in [0.2, 0.25) is 0 Å². The van der Waals surface area contributed by atoms with E-state index in [9.17, 15) is 4.91 Å². The molecule has 1 aromatic carbocycles. The third-order valence-corrected chi connectivity index (χ3v) is 4.25. The molecule has 7 heteroatoms. The zero-order valence-corrected chi connectivity index (χ0v) is 14.8. The van der Waals surface area contributed by atoms with Gasteiger partial charge in [0.05, 0.1) is 12.8 Å². The van der Waals surface area contributed by atoms with Gasteiger partial charge in [-0.05, 0) is 74.9 Å². The van der Waals surface area contributed by atoms with Crippen LogP contribution in [0.15, 0.2) is 22.3 Å². The number of rotatable bonds is 9. The Hall–Kier alpha value is -1.83. The molecule has 0 saturated heterocycles. The fourth-order valence-electron chi connectivity index (χ4n) is 2.98. The molecule has 0 aliphatic heterocycles. The molecule has 0 amide bonds. The van der Waals surface area contributed by atoms with E-state index in [4.69, 9.17) is 4.84 Å². The average molecular weight is 333 g/mol. The summed E-state index contributed by atoms with van der Waals surface area (Å²) < 4.78 is 0. The van der Waals surface area contributed by atoms with Crippen LogP contribution in [-0.2, 0) is 17.7 Å². The lowest BCUT2D eigenvalue weighted by Gasteiger charge is -2.30. The molecular formula is C17H27N5O2. The van der Waals surface area contributed by atoms with Crippen molar-refractivity contribution in [2.75, 3.05) is 39.4 Å². The Labute approximate surface area is 143 Å². The lowest BCUT2D eigenvalue weighted by Crippen LogP contribution is -2.46. The lowest BCUT2D eigenvalue weighted by molar-refractivity contribution is 0.129. The summed E-state index contributed by atoms with van der Waals surface area (Å²) in [4.78, 5) is 23.0. The van der Waals surface area contributed by atoms with Crippen LogP contribution in [0, 0.1) is 4.91 Å². The van der Waals surface area contributed by atoms with Gasteiger partial charge in [-0.3, -0.25) is 15.1 Å². The number of likely N-dealkylation sites (N-methyl/N-ethyl adjacent to an activating group) is 1. The molecule has 7 nitrogen and oxygen atoms in total. The second-order valence-corrected chi connectivity index (χ2v) is 6.23. The maximum Gasteiger partial charge on any atom is 0.199 e. The summed E-state index contributed by atoms with van der Waals surface area (Å²) in [7, 11) is 5.56. The van der Waals surface area contributed by atoms with Crippen molar-refractivity contribution in [2.24, 2.45) is 10.2 Å². The molecule has 1 unspecified atom stereocenters. The van der Waals surface area contributed by atoms with Gasteiger partial charge in [0.25, 0.3) is 0 Å². The highest BCUT2D eigenvalue weighted by atomic mass is 16.7.